The van der Waals surface area contributed by atoms with E-state index in [1.807, 2.05) is 11.0 Å². The van der Waals surface area contributed by atoms with Gasteiger partial charge >= 0.3 is 5.97 Å². The number of methoxy groups -OCH3 is 1. The number of benzene rings is 1. The van der Waals surface area contributed by atoms with Gasteiger partial charge in [0.2, 0.25) is 11.9 Å². The van der Waals surface area contributed by atoms with Gasteiger partial charge in [0, 0.05) is 31.7 Å². The lowest BCUT2D eigenvalue weighted by atomic mass is 9.90. The van der Waals surface area contributed by atoms with Crippen LogP contribution in [0, 0.1) is 5.92 Å². The van der Waals surface area contributed by atoms with Crippen LogP contribution in [0.1, 0.15) is 29.1 Å². The van der Waals surface area contributed by atoms with Gasteiger partial charge in [-0.1, -0.05) is 18.2 Å². The van der Waals surface area contributed by atoms with Gasteiger partial charge in [0.15, 0.2) is 11.7 Å². The van der Waals surface area contributed by atoms with E-state index in [9.17, 15) is 14.4 Å². The molecule has 2 amide bonds. The highest BCUT2D eigenvalue weighted by atomic mass is 16.5. The molecule has 33 heavy (non-hydrogen) atoms. The SMILES string of the molecule is CCOC(=O)[C@@H]1C(=O)NC(N2CCN(C(=O)c3ccco3)CC2)=N[C@H]1c1ccccc1OC. The number of aliphatic imine (C=N–C) groups is 1. The number of rotatable bonds is 5. The summed E-state index contributed by atoms with van der Waals surface area (Å²) in [6, 6.07) is 9.67. The number of nitrogens with zero attached hydrogens (tertiary/aromatic N) is 3. The quantitative estimate of drug-likeness (QED) is 0.537. The fourth-order valence-electron chi connectivity index (χ4n) is 4.04. The molecule has 0 unspecified atom stereocenters. The van der Waals surface area contributed by atoms with Crippen LogP contribution in [0.25, 0.3) is 0 Å². The standard InChI is InChI=1S/C23H26N4O6/c1-3-32-22(30)18-19(15-7-4-5-8-16(15)31-2)24-23(25-20(18)28)27-12-10-26(11-13-27)21(29)17-9-6-14-33-17/h4-9,14,18-19H,3,10-13H2,1-2H3,(H,24,25,28)/t18-,19-/m0/s1. The number of guanidine groups is 1. The molecule has 0 aliphatic carbocycles. The van der Waals surface area contributed by atoms with E-state index in [1.54, 1.807) is 42.2 Å². The van der Waals surface area contributed by atoms with Gasteiger partial charge in [0.05, 0.1) is 20.0 Å². The second-order valence-electron chi connectivity index (χ2n) is 7.62. The van der Waals surface area contributed by atoms with Gasteiger partial charge in [-0.3, -0.25) is 19.7 Å². The van der Waals surface area contributed by atoms with Crippen LogP contribution in [0.5, 0.6) is 5.75 Å². The number of ether oxygens (including phenoxy) is 2. The van der Waals surface area contributed by atoms with Crippen LogP contribution in [0.4, 0.5) is 0 Å². The maximum atomic E-state index is 13.0. The molecular weight excluding hydrogens is 428 g/mol. The van der Waals surface area contributed by atoms with Crippen molar-refractivity contribution in [3.63, 3.8) is 0 Å². The molecule has 2 aliphatic rings. The Labute approximate surface area is 191 Å². The minimum absolute atomic E-state index is 0.156. The van der Waals surface area contributed by atoms with E-state index < -0.39 is 23.8 Å². The molecule has 1 aromatic carbocycles. The molecule has 0 radical (unpaired) electrons. The van der Waals surface area contributed by atoms with Crippen LogP contribution in [0.15, 0.2) is 52.1 Å². The molecule has 10 nitrogen and oxygen atoms in total. The zero-order chi connectivity index (χ0) is 23.4. The summed E-state index contributed by atoms with van der Waals surface area (Å²) in [6.45, 7) is 3.66. The van der Waals surface area contributed by atoms with Gasteiger partial charge < -0.3 is 23.7 Å². The number of esters is 1. The summed E-state index contributed by atoms with van der Waals surface area (Å²) in [4.78, 5) is 46.6. The number of carbonyl (C=O) groups excluding carboxylic acids is 3. The Morgan fingerprint density at radius 3 is 2.58 bits per heavy atom. The fourth-order valence-corrected chi connectivity index (χ4v) is 4.04. The Morgan fingerprint density at radius 1 is 1.15 bits per heavy atom. The average Bonchev–Trinajstić information content (AvgIpc) is 3.38. The van der Waals surface area contributed by atoms with Crippen molar-refractivity contribution in [3.05, 3.63) is 54.0 Å². The first-order chi connectivity index (χ1) is 16.0. The predicted molar refractivity (Wildman–Crippen MR) is 118 cm³/mol. The second kappa shape index (κ2) is 9.76. The van der Waals surface area contributed by atoms with Crippen molar-refractivity contribution in [2.24, 2.45) is 10.9 Å². The van der Waals surface area contributed by atoms with Gasteiger partial charge in [-0.2, -0.15) is 0 Å². The summed E-state index contributed by atoms with van der Waals surface area (Å²) in [6.07, 6.45) is 1.47. The Morgan fingerprint density at radius 2 is 1.91 bits per heavy atom. The molecule has 10 heteroatoms. The van der Waals surface area contributed by atoms with Gasteiger partial charge in [-0.25, -0.2) is 4.99 Å². The van der Waals surface area contributed by atoms with E-state index in [0.717, 1.165) is 0 Å². The second-order valence-corrected chi connectivity index (χ2v) is 7.62. The maximum absolute atomic E-state index is 13.0. The molecule has 0 bridgehead atoms. The highest BCUT2D eigenvalue weighted by Crippen LogP contribution is 2.36. The van der Waals surface area contributed by atoms with Crippen LogP contribution in [-0.4, -0.2) is 73.4 Å². The fraction of sp³-hybridized carbons (Fsp3) is 0.391. The van der Waals surface area contributed by atoms with E-state index in [-0.39, 0.29) is 12.5 Å². The van der Waals surface area contributed by atoms with E-state index >= 15 is 0 Å². The number of hydrogen-bond acceptors (Lipinski definition) is 8. The molecule has 1 aromatic heterocycles. The Bertz CT molecular complexity index is 1040. The lowest BCUT2D eigenvalue weighted by Gasteiger charge is -2.38. The Kier molecular flexibility index (Phi) is 6.62. The summed E-state index contributed by atoms with van der Waals surface area (Å²) in [5, 5.41) is 2.76. The molecule has 2 atom stereocenters. The highest BCUT2D eigenvalue weighted by molar-refractivity contribution is 6.08. The van der Waals surface area contributed by atoms with Gasteiger partial charge in [0.1, 0.15) is 11.8 Å². The first-order valence-corrected chi connectivity index (χ1v) is 10.8. The van der Waals surface area contributed by atoms with Crippen molar-refractivity contribution in [3.8, 4) is 5.75 Å². The summed E-state index contributed by atoms with van der Waals surface area (Å²) < 4.78 is 15.8. The van der Waals surface area contributed by atoms with Crippen molar-refractivity contribution in [2.45, 2.75) is 13.0 Å². The molecule has 1 fully saturated rings. The van der Waals surface area contributed by atoms with Gasteiger partial charge in [-0.15, -0.1) is 0 Å². The Balaban J connectivity index is 1.58. The van der Waals surface area contributed by atoms with E-state index in [4.69, 9.17) is 18.9 Å². The number of amides is 2. The first-order valence-electron chi connectivity index (χ1n) is 10.8. The molecule has 0 spiro atoms. The predicted octanol–water partition coefficient (Wildman–Crippen LogP) is 1.45. The third-order valence-corrected chi connectivity index (χ3v) is 5.69. The summed E-state index contributed by atoms with van der Waals surface area (Å²) in [7, 11) is 1.53. The van der Waals surface area contributed by atoms with Gasteiger partial charge in [0.25, 0.3) is 5.91 Å². The monoisotopic (exact) mass is 454 g/mol. The smallest absolute Gasteiger partial charge is 0.321 e. The number of piperazine rings is 1. The number of nitrogens with one attached hydrogen (secondary N) is 1. The van der Waals surface area contributed by atoms with Crippen molar-refractivity contribution in [1.29, 1.82) is 0 Å². The molecule has 2 aromatic rings. The molecule has 4 rings (SSSR count). The van der Waals surface area contributed by atoms with Crippen molar-refractivity contribution < 1.29 is 28.3 Å². The van der Waals surface area contributed by atoms with Crippen LogP contribution >= 0.6 is 0 Å². The summed E-state index contributed by atoms with van der Waals surface area (Å²) in [5.74, 6) is -1.24. The topological polar surface area (TPSA) is 114 Å². The van der Waals surface area contributed by atoms with Crippen LogP contribution < -0.4 is 10.1 Å². The number of para-hydroxylation sites is 1. The lowest BCUT2D eigenvalue weighted by Crippen LogP contribution is -2.58. The van der Waals surface area contributed by atoms with Gasteiger partial charge in [-0.05, 0) is 25.1 Å². The van der Waals surface area contributed by atoms with Crippen LogP contribution in [0.2, 0.25) is 0 Å². The zero-order valence-corrected chi connectivity index (χ0v) is 18.5. The molecule has 174 valence electrons. The number of carbonyl (C=O) groups is 3. The third-order valence-electron chi connectivity index (χ3n) is 5.69. The molecule has 0 saturated carbocycles. The third kappa shape index (κ3) is 4.55. The average molecular weight is 454 g/mol. The Hall–Kier alpha value is -3.82. The molecule has 2 aliphatic heterocycles. The van der Waals surface area contributed by atoms with Crippen molar-refractivity contribution in [2.75, 3.05) is 39.9 Å². The lowest BCUT2D eigenvalue weighted by molar-refractivity contribution is -0.153. The van der Waals surface area contributed by atoms with Crippen LogP contribution in [-0.2, 0) is 14.3 Å². The number of hydrogen-bond donors (Lipinski definition) is 1. The number of furan rings is 1. The summed E-state index contributed by atoms with van der Waals surface area (Å²) >= 11 is 0. The highest BCUT2D eigenvalue weighted by Gasteiger charge is 2.43. The maximum Gasteiger partial charge on any atom is 0.321 e. The molecule has 1 N–H and O–H groups in total. The zero-order valence-electron chi connectivity index (χ0n) is 18.5. The normalized spacial score (nSPS) is 20.7. The largest absolute Gasteiger partial charge is 0.496 e. The molecular formula is C23H26N4O6. The van der Waals surface area contributed by atoms with Crippen molar-refractivity contribution >= 4 is 23.7 Å². The minimum atomic E-state index is -1.13. The van der Waals surface area contributed by atoms with E-state index in [2.05, 4.69) is 5.32 Å². The first kappa shape index (κ1) is 22.4. The minimum Gasteiger partial charge on any atom is -0.496 e. The van der Waals surface area contributed by atoms with E-state index in [1.165, 1.54) is 13.4 Å². The van der Waals surface area contributed by atoms with Crippen molar-refractivity contribution in [1.82, 2.24) is 15.1 Å². The molecule has 3 heterocycles. The van der Waals surface area contributed by atoms with Crippen LogP contribution in [0.3, 0.4) is 0 Å². The summed E-state index contributed by atoms with van der Waals surface area (Å²) in [5.41, 5.74) is 0.622. The van der Waals surface area contributed by atoms with E-state index in [0.29, 0.717) is 49.2 Å². The molecule has 1 saturated heterocycles.